The molecule has 1 aliphatic rings. The smallest absolute Gasteiger partial charge is 0.233 e. The van der Waals surface area contributed by atoms with Crippen molar-refractivity contribution in [2.24, 2.45) is 0 Å². The summed E-state index contributed by atoms with van der Waals surface area (Å²) in [6.07, 6.45) is 0.399. The minimum absolute atomic E-state index is 0.130. The Balaban J connectivity index is 1.78. The second-order valence-electron chi connectivity index (χ2n) is 3.50. The highest BCUT2D eigenvalue weighted by molar-refractivity contribution is 8.01. The summed E-state index contributed by atoms with van der Waals surface area (Å²) < 4.78 is 1.17. The topological polar surface area (TPSA) is 40.5 Å². The van der Waals surface area contributed by atoms with Crippen LogP contribution in [0.15, 0.2) is 21.7 Å². The van der Waals surface area contributed by atoms with Crippen molar-refractivity contribution in [3.63, 3.8) is 0 Å². The highest BCUT2D eigenvalue weighted by Gasteiger charge is 2.24. The van der Waals surface area contributed by atoms with E-state index in [0.29, 0.717) is 18.8 Å². The molecule has 1 amide bonds. The molecule has 0 bridgehead atoms. The van der Waals surface area contributed by atoms with Crippen LogP contribution in [0.3, 0.4) is 0 Å². The van der Waals surface area contributed by atoms with Gasteiger partial charge in [0.05, 0.1) is 16.1 Å². The van der Waals surface area contributed by atoms with Crippen LogP contribution in [0.5, 0.6) is 0 Å². The van der Waals surface area contributed by atoms with Crippen molar-refractivity contribution in [1.82, 2.24) is 4.90 Å². The van der Waals surface area contributed by atoms with Gasteiger partial charge in [0.15, 0.2) is 0 Å². The van der Waals surface area contributed by atoms with Gasteiger partial charge in [0, 0.05) is 13.1 Å². The molecule has 5 heteroatoms. The molecular weight excluding hydrogens is 230 g/mol. The minimum atomic E-state index is -0.319. The highest BCUT2D eigenvalue weighted by Crippen LogP contribution is 2.24. The van der Waals surface area contributed by atoms with E-state index in [-0.39, 0.29) is 12.0 Å². The molecule has 82 valence electrons. The molecule has 1 aromatic rings. The third kappa shape index (κ3) is 2.96. The Morgan fingerprint density at radius 3 is 3.20 bits per heavy atom. The Morgan fingerprint density at radius 1 is 1.73 bits per heavy atom. The zero-order chi connectivity index (χ0) is 10.7. The molecule has 0 aromatic carbocycles. The Morgan fingerprint density at radius 2 is 2.60 bits per heavy atom. The first-order valence-corrected chi connectivity index (χ1v) is 6.74. The number of β-amino-alcohol motifs (C(OH)–C–C–N with tert-alkyl or cyclic N) is 1. The number of aliphatic hydroxyl groups is 1. The van der Waals surface area contributed by atoms with Crippen molar-refractivity contribution in [2.75, 3.05) is 18.8 Å². The van der Waals surface area contributed by atoms with Crippen molar-refractivity contribution < 1.29 is 9.90 Å². The lowest BCUT2D eigenvalue weighted by atomic mass is 10.3. The van der Waals surface area contributed by atoms with E-state index in [1.807, 2.05) is 17.5 Å². The monoisotopic (exact) mass is 243 g/mol. The Bertz CT molecular complexity index is 326. The number of hydrogen-bond donors (Lipinski definition) is 1. The first kappa shape index (κ1) is 11.0. The molecule has 0 aliphatic carbocycles. The number of hydrogen-bond acceptors (Lipinski definition) is 4. The van der Waals surface area contributed by atoms with E-state index in [0.717, 1.165) is 6.42 Å². The molecule has 1 N–H and O–H groups in total. The Hall–Kier alpha value is -0.520. The second-order valence-corrected chi connectivity index (χ2v) is 5.73. The van der Waals surface area contributed by atoms with Crippen LogP contribution in [0.25, 0.3) is 0 Å². The number of carbonyl (C=O) groups excluding carboxylic acids is 1. The fourth-order valence-corrected chi connectivity index (χ4v) is 3.23. The number of thioether (sulfide) groups is 1. The van der Waals surface area contributed by atoms with E-state index < -0.39 is 0 Å². The van der Waals surface area contributed by atoms with Crippen LogP contribution in [0.4, 0.5) is 0 Å². The SMILES string of the molecule is O=C(CSc1cccs1)N1CCC(O)C1. The summed E-state index contributed by atoms with van der Waals surface area (Å²) in [6, 6.07) is 4.00. The summed E-state index contributed by atoms with van der Waals surface area (Å²) in [5.41, 5.74) is 0. The first-order valence-electron chi connectivity index (χ1n) is 4.88. The molecule has 2 heterocycles. The zero-order valence-electron chi connectivity index (χ0n) is 8.26. The summed E-state index contributed by atoms with van der Waals surface area (Å²) in [5, 5.41) is 11.3. The molecule has 0 spiro atoms. The third-order valence-corrected chi connectivity index (χ3v) is 4.46. The predicted octanol–water partition coefficient (Wildman–Crippen LogP) is 1.43. The fourth-order valence-electron chi connectivity index (χ4n) is 1.54. The van der Waals surface area contributed by atoms with Crippen molar-refractivity contribution in [3.05, 3.63) is 17.5 Å². The molecule has 1 aliphatic heterocycles. The molecule has 1 unspecified atom stereocenters. The summed E-state index contributed by atoms with van der Waals surface area (Å²) in [5.74, 6) is 0.609. The summed E-state index contributed by atoms with van der Waals surface area (Å²) in [7, 11) is 0. The van der Waals surface area contributed by atoms with Gasteiger partial charge >= 0.3 is 0 Å². The van der Waals surface area contributed by atoms with Gasteiger partial charge in [-0.15, -0.1) is 23.1 Å². The molecule has 1 fully saturated rings. The minimum Gasteiger partial charge on any atom is -0.391 e. The lowest BCUT2D eigenvalue weighted by Gasteiger charge is -2.14. The molecule has 2 rings (SSSR count). The van der Waals surface area contributed by atoms with Gasteiger partial charge in [-0.1, -0.05) is 6.07 Å². The van der Waals surface area contributed by atoms with Crippen LogP contribution in [0.2, 0.25) is 0 Å². The maximum atomic E-state index is 11.7. The van der Waals surface area contributed by atoms with Gasteiger partial charge in [-0.25, -0.2) is 0 Å². The van der Waals surface area contributed by atoms with E-state index in [4.69, 9.17) is 0 Å². The van der Waals surface area contributed by atoms with Crippen molar-refractivity contribution in [2.45, 2.75) is 16.7 Å². The van der Waals surface area contributed by atoms with Crippen molar-refractivity contribution in [1.29, 1.82) is 0 Å². The normalized spacial score (nSPS) is 20.9. The second kappa shape index (κ2) is 5.01. The van der Waals surface area contributed by atoms with Crippen molar-refractivity contribution >= 4 is 29.0 Å². The molecule has 1 atom stereocenters. The largest absolute Gasteiger partial charge is 0.391 e. The van der Waals surface area contributed by atoms with Crippen LogP contribution in [0, 0.1) is 0 Å². The first-order chi connectivity index (χ1) is 7.25. The van der Waals surface area contributed by atoms with Gasteiger partial charge in [0.25, 0.3) is 0 Å². The van der Waals surface area contributed by atoms with E-state index in [2.05, 4.69) is 0 Å². The lowest BCUT2D eigenvalue weighted by molar-refractivity contribution is -0.127. The summed E-state index contributed by atoms with van der Waals surface area (Å²) in [6.45, 7) is 1.20. The van der Waals surface area contributed by atoms with Gasteiger partial charge in [-0.05, 0) is 17.9 Å². The fraction of sp³-hybridized carbons (Fsp3) is 0.500. The molecule has 1 saturated heterocycles. The van der Waals surface area contributed by atoms with E-state index >= 15 is 0 Å². The number of nitrogens with zero attached hydrogens (tertiary/aromatic N) is 1. The quantitative estimate of drug-likeness (QED) is 0.817. The van der Waals surface area contributed by atoms with E-state index in [9.17, 15) is 9.90 Å². The molecule has 15 heavy (non-hydrogen) atoms. The lowest BCUT2D eigenvalue weighted by Crippen LogP contribution is -2.30. The zero-order valence-corrected chi connectivity index (χ0v) is 9.89. The van der Waals surface area contributed by atoms with Crippen LogP contribution in [-0.2, 0) is 4.79 Å². The summed E-state index contributed by atoms with van der Waals surface area (Å²) in [4.78, 5) is 13.4. The van der Waals surface area contributed by atoms with E-state index in [1.54, 1.807) is 28.0 Å². The molecule has 0 radical (unpaired) electrons. The number of aliphatic hydroxyl groups excluding tert-OH is 1. The van der Waals surface area contributed by atoms with Crippen molar-refractivity contribution in [3.8, 4) is 0 Å². The maximum Gasteiger partial charge on any atom is 0.233 e. The third-order valence-electron chi connectivity index (χ3n) is 2.35. The maximum absolute atomic E-state index is 11.7. The Labute approximate surface area is 97.1 Å². The van der Waals surface area contributed by atoms with Gasteiger partial charge in [-0.3, -0.25) is 4.79 Å². The highest BCUT2D eigenvalue weighted by atomic mass is 32.2. The van der Waals surface area contributed by atoms with Crippen LogP contribution in [-0.4, -0.2) is 40.9 Å². The summed E-state index contributed by atoms with van der Waals surface area (Å²) >= 11 is 3.22. The number of amides is 1. The average molecular weight is 243 g/mol. The average Bonchev–Trinajstić information content (AvgIpc) is 2.84. The van der Waals surface area contributed by atoms with Gasteiger partial charge in [-0.2, -0.15) is 0 Å². The molecular formula is C10H13NO2S2. The molecule has 0 saturated carbocycles. The standard InChI is InChI=1S/C10H13NO2S2/c12-8-3-4-11(6-8)9(13)7-15-10-2-1-5-14-10/h1-2,5,8,12H,3-4,6-7H2. The number of rotatable bonds is 3. The van der Waals surface area contributed by atoms with Crippen LogP contribution in [0.1, 0.15) is 6.42 Å². The van der Waals surface area contributed by atoms with Gasteiger partial charge < -0.3 is 10.0 Å². The molecule has 3 nitrogen and oxygen atoms in total. The van der Waals surface area contributed by atoms with Gasteiger partial charge in [0.2, 0.25) is 5.91 Å². The molecule has 1 aromatic heterocycles. The van der Waals surface area contributed by atoms with E-state index in [1.165, 1.54) is 4.21 Å². The number of likely N-dealkylation sites (tertiary alicyclic amines) is 1. The number of carbonyl (C=O) groups is 1. The van der Waals surface area contributed by atoms with Crippen LogP contribution < -0.4 is 0 Å². The Kier molecular flexibility index (Phi) is 3.66. The van der Waals surface area contributed by atoms with Gasteiger partial charge in [0.1, 0.15) is 0 Å². The van der Waals surface area contributed by atoms with Crippen LogP contribution >= 0.6 is 23.1 Å². The predicted molar refractivity (Wildman–Crippen MR) is 62.2 cm³/mol. The number of thiophene rings is 1.